The van der Waals surface area contributed by atoms with Crippen LogP contribution in [0, 0.1) is 17.1 Å². The number of benzene rings is 1. The van der Waals surface area contributed by atoms with Crippen molar-refractivity contribution < 1.29 is 18.7 Å². The smallest absolute Gasteiger partial charge is 0.411 e. The molecule has 38 heavy (non-hydrogen) atoms. The minimum atomic E-state index is -0.672. The number of methoxy groups -OCH3 is 1. The molecule has 0 radical (unpaired) electrons. The molecule has 3 fully saturated rings. The number of carbonyl (C=O) groups is 1. The molecule has 1 aromatic carbocycles. The molecule has 2 aliphatic heterocycles. The summed E-state index contributed by atoms with van der Waals surface area (Å²) in [7, 11) is 1.26. The molecule has 13 nitrogen and oxygen atoms in total. The predicted molar refractivity (Wildman–Crippen MR) is 136 cm³/mol. The van der Waals surface area contributed by atoms with E-state index in [1.165, 1.54) is 23.9 Å². The van der Waals surface area contributed by atoms with E-state index in [0.29, 0.717) is 42.0 Å². The number of nitrogens with one attached hydrogen (secondary N) is 3. The molecule has 0 spiro atoms. The summed E-state index contributed by atoms with van der Waals surface area (Å²) >= 11 is 0. The fourth-order valence-electron chi connectivity index (χ4n) is 4.58. The third kappa shape index (κ3) is 4.73. The van der Waals surface area contributed by atoms with Gasteiger partial charge in [-0.1, -0.05) is 0 Å². The number of imidazole rings is 1. The van der Waals surface area contributed by atoms with E-state index in [1.54, 1.807) is 6.07 Å². The second-order valence-electron chi connectivity index (χ2n) is 9.51. The number of nitrogens with zero attached hydrogens (tertiary/aromatic N) is 7. The average molecular weight is 523 g/mol. The van der Waals surface area contributed by atoms with E-state index in [2.05, 4.69) is 42.0 Å². The summed E-state index contributed by atoms with van der Waals surface area (Å²) < 4.78 is 27.4. The van der Waals surface area contributed by atoms with Gasteiger partial charge in [-0.15, -0.1) is 5.10 Å². The van der Waals surface area contributed by atoms with Crippen molar-refractivity contribution in [3.05, 3.63) is 29.8 Å². The number of aromatic nitrogens is 4. The number of ether oxygens (including phenoxy) is 2. The third-order valence-corrected chi connectivity index (χ3v) is 6.92. The standard InChI is InChI=1S/C24H27FN10O3/c1-37-24(36)29-15-8-18(20(25)19(9-15)34-6-4-33(5-7-34)17-12-38-13-17)30-23-31-21(28-14-2-3-14)22-27-11-16(10-26)35(22)32-23/h8-9,11,14,17H,2-7,12-13H2,1H3,(H,29,36)(H2,28,30,31,32). The Morgan fingerprint density at radius 3 is 2.68 bits per heavy atom. The molecular formula is C24H27FN10O3. The monoisotopic (exact) mass is 522 g/mol. The second kappa shape index (κ2) is 9.92. The Morgan fingerprint density at radius 2 is 2.03 bits per heavy atom. The van der Waals surface area contributed by atoms with Crippen molar-refractivity contribution in [2.45, 2.75) is 24.9 Å². The van der Waals surface area contributed by atoms with Crippen molar-refractivity contribution in [1.82, 2.24) is 24.5 Å². The molecule has 4 heterocycles. The molecule has 14 heteroatoms. The van der Waals surface area contributed by atoms with E-state index in [-0.39, 0.29) is 23.4 Å². The van der Waals surface area contributed by atoms with E-state index >= 15 is 4.39 Å². The van der Waals surface area contributed by atoms with Gasteiger partial charge >= 0.3 is 6.09 Å². The van der Waals surface area contributed by atoms with Gasteiger partial charge in [-0.05, 0) is 25.0 Å². The van der Waals surface area contributed by atoms with Crippen LogP contribution in [0.5, 0.6) is 0 Å². The highest BCUT2D eigenvalue weighted by Crippen LogP contribution is 2.34. The molecule has 3 aromatic rings. The average Bonchev–Trinajstić information content (AvgIpc) is 3.61. The Morgan fingerprint density at radius 1 is 1.24 bits per heavy atom. The van der Waals surface area contributed by atoms with Gasteiger partial charge < -0.3 is 25.0 Å². The predicted octanol–water partition coefficient (Wildman–Crippen LogP) is 2.15. The lowest BCUT2D eigenvalue weighted by Crippen LogP contribution is -2.56. The molecule has 0 bridgehead atoms. The van der Waals surface area contributed by atoms with Crippen LogP contribution >= 0.6 is 0 Å². The lowest BCUT2D eigenvalue weighted by atomic mass is 10.1. The van der Waals surface area contributed by atoms with Crippen LogP contribution in [0.25, 0.3) is 5.65 Å². The van der Waals surface area contributed by atoms with Crippen LogP contribution in [0.3, 0.4) is 0 Å². The molecule has 1 amide bonds. The number of nitriles is 1. The van der Waals surface area contributed by atoms with E-state index in [0.717, 1.165) is 39.1 Å². The molecule has 198 valence electrons. The number of rotatable bonds is 7. The lowest BCUT2D eigenvalue weighted by molar-refractivity contribution is -0.0660. The van der Waals surface area contributed by atoms with Crippen LogP contribution in [-0.2, 0) is 9.47 Å². The topological polar surface area (TPSA) is 145 Å². The summed E-state index contributed by atoms with van der Waals surface area (Å²) in [5.41, 5.74) is 1.39. The Kier molecular flexibility index (Phi) is 6.30. The Hall–Kier alpha value is -4.22. The highest BCUT2D eigenvalue weighted by atomic mass is 19.1. The number of halogens is 1. The van der Waals surface area contributed by atoms with Crippen LogP contribution in [0.2, 0.25) is 0 Å². The largest absolute Gasteiger partial charge is 0.453 e. The fourth-order valence-corrected chi connectivity index (χ4v) is 4.58. The first kappa shape index (κ1) is 24.1. The number of piperazine rings is 1. The highest BCUT2D eigenvalue weighted by Gasteiger charge is 2.30. The fraction of sp³-hybridized carbons (Fsp3) is 0.458. The van der Waals surface area contributed by atoms with Gasteiger partial charge in [0.15, 0.2) is 23.0 Å². The number of anilines is 5. The first-order valence-electron chi connectivity index (χ1n) is 12.5. The Bertz CT molecular complexity index is 1410. The van der Waals surface area contributed by atoms with Crippen LogP contribution in [0.15, 0.2) is 18.3 Å². The molecule has 3 aliphatic rings. The lowest BCUT2D eigenvalue weighted by Gasteiger charge is -2.43. The maximum atomic E-state index is 16.0. The van der Waals surface area contributed by atoms with E-state index in [4.69, 9.17) is 9.47 Å². The SMILES string of the molecule is COC(=O)Nc1cc(Nc2nc(NC3CC3)c3ncc(C#N)n3n2)c(F)c(N2CCN(C3COC3)CC2)c1. The van der Waals surface area contributed by atoms with Gasteiger partial charge in [0.1, 0.15) is 6.07 Å². The minimum absolute atomic E-state index is 0.0686. The quantitative estimate of drug-likeness (QED) is 0.420. The molecule has 1 aliphatic carbocycles. The normalized spacial score (nSPS) is 18.1. The summed E-state index contributed by atoms with van der Waals surface area (Å²) in [4.78, 5) is 25.1. The maximum Gasteiger partial charge on any atom is 0.411 e. The van der Waals surface area contributed by atoms with Gasteiger partial charge in [-0.3, -0.25) is 10.2 Å². The number of fused-ring (bicyclic) bond motifs is 1. The van der Waals surface area contributed by atoms with E-state index in [9.17, 15) is 10.1 Å². The van der Waals surface area contributed by atoms with Gasteiger partial charge in [0.2, 0.25) is 5.95 Å². The maximum absolute atomic E-state index is 16.0. The van der Waals surface area contributed by atoms with Crippen molar-refractivity contribution in [3.8, 4) is 6.07 Å². The number of hydrogen-bond acceptors (Lipinski definition) is 11. The van der Waals surface area contributed by atoms with Crippen molar-refractivity contribution in [3.63, 3.8) is 0 Å². The van der Waals surface area contributed by atoms with E-state index in [1.807, 2.05) is 4.90 Å². The van der Waals surface area contributed by atoms with Crippen LogP contribution in [0.1, 0.15) is 18.5 Å². The van der Waals surface area contributed by atoms with Crippen molar-refractivity contribution >= 4 is 40.6 Å². The molecule has 3 N–H and O–H groups in total. The minimum Gasteiger partial charge on any atom is -0.453 e. The molecule has 2 saturated heterocycles. The Balaban J connectivity index is 1.33. The molecule has 6 rings (SSSR count). The van der Waals surface area contributed by atoms with Crippen LogP contribution < -0.4 is 20.9 Å². The van der Waals surface area contributed by atoms with Gasteiger partial charge in [0.25, 0.3) is 0 Å². The van der Waals surface area contributed by atoms with Crippen LogP contribution in [-0.4, -0.2) is 89.2 Å². The summed E-state index contributed by atoms with van der Waals surface area (Å²) in [5, 5.41) is 22.8. The van der Waals surface area contributed by atoms with Gasteiger partial charge in [-0.25, -0.2) is 14.2 Å². The molecule has 2 aromatic heterocycles. The zero-order valence-electron chi connectivity index (χ0n) is 20.8. The van der Waals surface area contributed by atoms with Crippen molar-refractivity contribution in [2.24, 2.45) is 0 Å². The van der Waals surface area contributed by atoms with Gasteiger partial charge in [-0.2, -0.15) is 14.8 Å². The third-order valence-electron chi connectivity index (χ3n) is 6.92. The number of carbonyl (C=O) groups excluding carboxylic acids is 1. The first-order valence-corrected chi connectivity index (χ1v) is 12.5. The highest BCUT2D eigenvalue weighted by molar-refractivity contribution is 5.87. The molecule has 1 saturated carbocycles. The molecule has 0 atom stereocenters. The summed E-state index contributed by atoms with van der Waals surface area (Å²) in [5.74, 6) is 0.0180. The number of amides is 1. The van der Waals surface area contributed by atoms with Crippen LogP contribution in [0.4, 0.5) is 38.0 Å². The van der Waals surface area contributed by atoms with Crippen molar-refractivity contribution in [1.29, 1.82) is 5.26 Å². The van der Waals surface area contributed by atoms with Crippen molar-refractivity contribution in [2.75, 3.05) is 67.4 Å². The summed E-state index contributed by atoms with van der Waals surface area (Å²) in [6, 6.07) is 5.79. The molecular weight excluding hydrogens is 495 g/mol. The first-order chi connectivity index (χ1) is 18.5. The zero-order valence-corrected chi connectivity index (χ0v) is 20.8. The Labute approximate surface area is 217 Å². The van der Waals surface area contributed by atoms with Gasteiger partial charge in [0, 0.05) is 37.9 Å². The summed E-state index contributed by atoms with van der Waals surface area (Å²) in [6.45, 7) is 4.25. The van der Waals surface area contributed by atoms with E-state index < -0.39 is 11.9 Å². The molecule has 0 unspecified atom stereocenters. The number of hydrogen-bond donors (Lipinski definition) is 3. The second-order valence-corrected chi connectivity index (χ2v) is 9.51. The van der Waals surface area contributed by atoms with Gasteiger partial charge in [0.05, 0.1) is 43.9 Å². The zero-order chi connectivity index (χ0) is 26.2. The summed E-state index contributed by atoms with van der Waals surface area (Å²) in [6.07, 6.45) is 2.76.